The first-order valence-electron chi connectivity index (χ1n) is 11.9. The monoisotopic (exact) mass is 419 g/mol. The first-order chi connectivity index (χ1) is 14.6. The van der Waals surface area contributed by atoms with Crippen molar-refractivity contribution in [1.82, 2.24) is 0 Å². The van der Waals surface area contributed by atoms with Gasteiger partial charge in [0, 0.05) is 12.2 Å². The Balaban J connectivity index is 2.34. The Hall–Kier alpha value is -2.04. The number of carbonyl (C=O) groups is 2. The summed E-state index contributed by atoms with van der Waals surface area (Å²) in [4.78, 5) is 24.4. The number of carbonyl (C=O) groups excluding carboxylic acids is 2. The van der Waals surface area contributed by atoms with Gasteiger partial charge in [-0.15, -0.1) is 0 Å². The number of unbranched alkanes of at least 4 members (excludes halogenated alkanes) is 10. The van der Waals surface area contributed by atoms with E-state index in [9.17, 15) is 9.59 Å². The molecule has 0 spiro atoms. The van der Waals surface area contributed by atoms with Crippen molar-refractivity contribution in [2.45, 2.75) is 91.4 Å². The van der Waals surface area contributed by atoms with Crippen LogP contribution >= 0.6 is 0 Å². The van der Waals surface area contributed by atoms with E-state index in [1.807, 2.05) is 6.07 Å². The van der Waals surface area contributed by atoms with Crippen LogP contribution in [0.2, 0.25) is 0 Å². The van der Waals surface area contributed by atoms with Crippen molar-refractivity contribution in [3.63, 3.8) is 0 Å². The Morgan fingerprint density at radius 1 is 0.700 bits per heavy atom. The molecule has 5 nitrogen and oxygen atoms in total. The minimum Gasteiger partial charge on any atom is -0.462 e. The molecule has 0 saturated carbocycles. The second-order valence-electron chi connectivity index (χ2n) is 7.66. The van der Waals surface area contributed by atoms with E-state index in [1.165, 1.54) is 64.2 Å². The molecule has 1 rings (SSSR count). The third-order valence-corrected chi connectivity index (χ3v) is 5.12. The Bertz CT molecular complexity index is 615. The number of nitrogens with one attached hydrogen (secondary N) is 1. The number of esters is 2. The topological polar surface area (TPSA) is 64.6 Å². The van der Waals surface area contributed by atoms with E-state index in [4.69, 9.17) is 9.47 Å². The van der Waals surface area contributed by atoms with Gasteiger partial charge in [-0.25, -0.2) is 9.59 Å². The average molecular weight is 420 g/mol. The van der Waals surface area contributed by atoms with Crippen LogP contribution in [0.15, 0.2) is 18.2 Å². The highest BCUT2D eigenvalue weighted by Gasteiger charge is 2.19. The van der Waals surface area contributed by atoms with E-state index in [0.29, 0.717) is 0 Å². The van der Waals surface area contributed by atoms with Gasteiger partial charge in [0.05, 0.1) is 24.3 Å². The first kappa shape index (κ1) is 26.0. The van der Waals surface area contributed by atoms with Gasteiger partial charge in [0.25, 0.3) is 0 Å². The molecular formula is C25H41NO4. The number of hydrogen-bond acceptors (Lipinski definition) is 5. The molecule has 0 aliphatic rings. The fraction of sp³-hybridized carbons (Fsp3) is 0.680. The van der Waals surface area contributed by atoms with Crippen LogP contribution < -0.4 is 5.32 Å². The molecule has 0 bridgehead atoms. The van der Waals surface area contributed by atoms with E-state index in [2.05, 4.69) is 12.2 Å². The van der Waals surface area contributed by atoms with Crippen molar-refractivity contribution in [2.75, 3.05) is 25.1 Å². The zero-order valence-electron chi connectivity index (χ0n) is 19.3. The molecule has 0 aromatic heterocycles. The van der Waals surface area contributed by atoms with Crippen molar-refractivity contribution in [2.24, 2.45) is 0 Å². The third kappa shape index (κ3) is 10.7. The van der Waals surface area contributed by atoms with Crippen molar-refractivity contribution in [1.29, 1.82) is 0 Å². The van der Waals surface area contributed by atoms with Gasteiger partial charge in [0.2, 0.25) is 0 Å². The molecule has 0 fully saturated rings. The van der Waals surface area contributed by atoms with Crippen LogP contribution in [0.1, 0.15) is 112 Å². The van der Waals surface area contributed by atoms with Crippen LogP contribution in [0.3, 0.4) is 0 Å². The van der Waals surface area contributed by atoms with Crippen molar-refractivity contribution < 1.29 is 19.1 Å². The van der Waals surface area contributed by atoms with Gasteiger partial charge in [0.1, 0.15) is 0 Å². The maximum absolute atomic E-state index is 12.2. The minimum atomic E-state index is -0.502. The summed E-state index contributed by atoms with van der Waals surface area (Å²) in [6.07, 6.45) is 14.4. The lowest BCUT2D eigenvalue weighted by molar-refractivity contribution is 0.0479. The molecule has 0 aliphatic carbocycles. The summed E-state index contributed by atoms with van der Waals surface area (Å²) in [5.74, 6) is -1.00. The highest BCUT2D eigenvalue weighted by atomic mass is 16.5. The van der Waals surface area contributed by atoms with Gasteiger partial charge in [-0.1, -0.05) is 71.1 Å². The Morgan fingerprint density at radius 2 is 1.20 bits per heavy atom. The summed E-state index contributed by atoms with van der Waals surface area (Å²) in [6.45, 7) is 7.12. The molecule has 0 saturated heterocycles. The molecule has 170 valence electrons. The second-order valence-corrected chi connectivity index (χ2v) is 7.66. The molecular weight excluding hydrogens is 378 g/mol. The summed E-state index contributed by atoms with van der Waals surface area (Å²) in [7, 11) is 0. The molecule has 0 amide bonds. The van der Waals surface area contributed by atoms with Crippen molar-refractivity contribution >= 4 is 17.6 Å². The summed E-state index contributed by atoms with van der Waals surface area (Å²) in [6, 6.07) is 5.13. The molecule has 1 aromatic rings. The summed E-state index contributed by atoms with van der Waals surface area (Å²) >= 11 is 0. The SMILES string of the molecule is CCCCCCCCCCCCCNc1ccc(C(=O)OCC)c(C(=O)OCC)c1. The summed E-state index contributed by atoms with van der Waals surface area (Å²) in [5.41, 5.74) is 1.31. The zero-order chi connectivity index (χ0) is 22.0. The van der Waals surface area contributed by atoms with Gasteiger partial charge < -0.3 is 14.8 Å². The van der Waals surface area contributed by atoms with Crippen LogP contribution in [0.4, 0.5) is 5.69 Å². The molecule has 0 unspecified atom stereocenters. The fourth-order valence-corrected chi connectivity index (χ4v) is 3.44. The third-order valence-electron chi connectivity index (χ3n) is 5.12. The quantitative estimate of drug-likeness (QED) is 0.223. The first-order valence-corrected chi connectivity index (χ1v) is 11.9. The predicted octanol–water partition coefficient (Wildman–Crippen LogP) is 6.76. The largest absolute Gasteiger partial charge is 0.462 e. The standard InChI is InChI=1S/C25H41NO4/c1-4-7-8-9-10-11-12-13-14-15-16-19-26-21-17-18-22(24(27)29-5-2)23(20-21)25(28)30-6-3/h17-18,20,26H,4-16,19H2,1-3H3. The smallest absolute Gasteiger partial charge is 0.339 e. The van der Waals surface area contributed by atoms with Crippen LogP contribution in [0.5, 0.6) is 0 Å². The highest BCUT2D eigenvalue weighted by Crippen LogP contribution is 2.19. The van der Waals surface area contributed by atoms with E-state index in [-0.39, 0.29) is 24.3 Å². The second kappa shape index (κ2) is 16.7. The molecule has 1 N–H and O–H groups in total. The van der Waals surface area contributed by atoms with Gasteiger partial charge in [-0.2, -0.15) is 0 Å². The maximum atomic E-state index is 12.2. The zero-order valence-corrected chi connectivity index (χ0v) is 19.3. The molecule has 5 heteroatoms. The molecule has 0 atom stereocenters. The van der Waals surface area contributed by atoms with E-state index in [0.717, 1.165) is 18.7 Å². The summed E-state index contributed by atoms with van der Waals surface area (Å²) < 4.78 is 10.1. The molecule has 30 heavy (non-hydrogen) atoms. The minimum absolute atomic E-state index is 0.246. The van der Waals surface area contributed by atoms with Crippen molar-refractivity contribution in [3.8, 4) is 0 Å². The number of anilines is 1. The highest BCUT2D eigenvalue weighted by molar-refractivity contribution is 6.03. The maximum Gasteiger partial charge on any atom is 0.339 e. The normalized spacial score (nSPS) is 10.6. The predicted molar refractivity (Wildman–Crippen MR) is 123 cm³/mol. The Kier molecular flexibility index (Phi) is 14.5. The van der Waals surface area contributed by atoms with Crippen LogP contribution in [-0.4, -0.2) is 31.7 Å². The Labute approximate surface area is 182 Å². The van der Waals surface area contributed by atoms with Gasteiger partial charge in [-0.05, 0) is 38.5 Å². The van der Waals surface area contributed by atoms with E-state index in [1.54, 1.807) is 26.0 Å². The van der Waals surface area contributed by atoms with E-state index >= 15 is 0 Å². The van der Waals surface area contributed by atoms with E-state index < -0.39 is 11.9 Å². The fourth-order valence-electron chi connectivity index (χ4n) is 3.44. The van der Waals surface area contributed by atoms with Gasteiger partial charge in [-0.3, -0.25) is 0 Å². The van der Waals surface area contributed by atoms with Gasteiger partial charge in [0.15, 0.2) is 0 Å². The molecule has 0 radical (unpaired) electrons. The van der Waals surface area contributed by atoms with Crippen molar-refractivity contribution in [3.05, 3.63) is 29.3 Å². The number of ether oxygens (including phenoxy) is 2. The lowest BCUT2D eigenvalue weighted by atomic mass is 10.1. The average Bonchev–Trinajstić information content (AvgIpc) is 2.74. The van der Waals surface area contributed by atoms with Crippen LogP contribution in [0.25, 0.3) is 0 Å². The lowest BCUT2D eigenvalue weighted by Crippen LogP contribution is -2.15. The number of rotatable bonds is 17. The lowest BCUT2D eigenvalue weighted by Gasteiger charge is -2.12. The number of hydrogen-bond donors (Lipinski definition) is 1. The molecule has 1 aromatic carbocycles. The van der Waals surface area contributed by atoms with Gasteiger partial charge >= 0.3 is 11.9 Å². The van der Waals surface area contributed by atoms with Crippen LogP contribution in [0, 0.1) is 0 Å². The number of benzene rings is 1. The van der Waals surface area contributed by atoms with Crippen LogP contribution in [-0.2, 0) is 9.47 Å². The molecule has 0 heterocycles. The summed E-state index contributed by atoms with van der Waals surface area (Å²) in [5, 5.41) is 3.35. The molecule has 0 aliphatic heterocycles. The Morgan fingerprint density at radius 3 is 1.73 bits per heavy atom.